The first-order chi connectivity index (χ1) is 9.06. The monoisotopic (exact) mass is 289 g/mol. The van der Waals surface area contributed by atoms with Crippen LogP contribution in [0.2, 0.25) is 0 Å². The van der Waals surface area contributed by atoms with Crippen LogP contribution in [0.4, 0.5) is 8.78 Å². The molecule has 0 saturated heterocycles. The van der Waals surface area contributed by atoms with Crippen LogP contribution in [0.1, 0.15) is 19.8 Å². The van der Waals surface area contributed by atoms with Crippen molar-refractivity contribution in [2.45, 2.75) is 30.7 Å². The third kappa shape index (κ3) is 5.57. The van der Waals surface area contributed by atoms with Gasteiger partial charge in [0.25, 0.3) is 0 Å². The number of carbonyl (C=O) groups excluding carboxylic acids is 1. The summed E-state index contributed by atoms with van der Waals surface area (Å²) in [6.45, 7) is 1.79. The van der Waals surface area contributed by atoms with Gasteiger partial charge in [0, 0.05) is 17.1 Å². The van der Waals surface area contributed by atoms with E-state index in [0.717, 1.165) is 12.1 Å². The van der Waals surface area contributed by atoms with Crippen molar-refractivity contribution in [3.05, 3.63) is 29.8 Å². The lowest BCUT2D eigenvalue weighted by Gasteiger charge is -2.13. The zero-order valence-corrected chi connectivity index (χ0v) is 11.5. The molecule has 0 heterocycles. The van der Waals surface area contributed by atoms with Crippen molar-refractivity contribution < 1.29 is 18.7 Å². The lowest BCUT2D eigenvalue weighted by atomic mass is 10.2. The molecule has 0 aliphatic heterocycles. The van der Waals surface area contributed by atoms with Crippen molar-refractivity contribution in [3.63, 3.8) is 0 Å². The van der Waals surface area contributed by atoms with Gasteiger partial charge in [0.15, 0.2) is 11.6 Å². The number of amides is 1. The van der Waals surface area contributed by atoms with E-state index in [1.54, 1.807) is 0 Å². The minimum Gasteiger partial charge on any atom is -0.394 e. The summed E-state index contributed by atoms with van der Waals surface area (Å²) >= 11 is 1.28. The second kappa shape index (κ2) is 8.12. The normalized spacial score (nSPS) is 12.2. The van der Waals surface area contributed by atoms with E-state index in [2.05, 4.69) is 5.32 Å². The molecule has 0 spiro atoms. The van der Waals surface area contributed by atoms with E-state index in [-0.39, 0.29) is 25.0 Å². The molecule has 2 N–H and O–H groups in total. The zero-order chi connectivity index (χ0) is 14.3. The van der Waals surface area contributed by atoms with Crippen LogP contribution in [0.25, 0.3) is 0 Å². The zero-order valence-electron chi connectivity index (χ0n) is 10.7. The number of aliphatic hydroxyl groups is 1. The van der Waals surface area contributed by atoms with Gasteiger partial charge in [-0.2, -0.15) is 0 Å². The topological polar surface area (TPSA) is 49.3 Å². The maximum absolute atomic E-state index is 12.9. The fourth-order valence-corrected chi connectivity index (χ4v) is 2.28. The summed E-state index contributed by atoms with van der Waals surface area (Å²) in [6.07, 6.45) is 0.929. The third-order valence-corrected chi connectivity index (χ3v) is 3.56. The van der Waals surface area contributed by atoms with E-state index in [1.807, 2.05) is 6.92 Å². The average Bonchev–Trinajstić information content (AvgIpc) is 2.40. The Morgan fingerprint density at radius 3 is 2.74 bits per heavy atom. The molecule has 0 radical (unpaired) electrons. The molecular formula is C13H17F2NO2S. The standard InChI is InChI=1S/C13H17F2NO2S/c1-2-9(8-17)16-13(18)5-6-19-10-3-4-11(14)12(15)7-10/h3-4,7,9,17H,2,5-6,8H2,1H3,(H,16,18)/t9-/m0/s1. The van der Waals surface area contributed by atoms with Crippen LogP contribution in [0.15, 0.2) is 23.1 Å². The Morgan fingerprint density at radius 2 is 2.16 bits per heavy atom. The third-order valence-electron chi connectivity index (χ3n) is 2.57. The van der Waals surface area contributed by atoms with Crippen LogP contribution < -0.4 is 5.32 Å². The molecule has 1 aromatic carbocycles. The second-order valence-electron chi connectivity index (χ2n) is 4.03. The number of nitrogens with one attached hydrogen (secondary N) is 1. The molecule has 0 unspecified atom stereocenters. The summed E-state index contributed by atoms with van der Waals surface area (Å²) in [5, 5.41) is 11.6. The maximum atomic E-state index is 12.9. The van der Waals surface area contributed by atoms with Gasteiger partial charge in [-0.05, 0) is 24.6 Å². The first-order valence-corrected chi connectivity index (χ1v) is 7.03. The Morgan fingerprint density at radius 1 is 1.42 bits per heavy atom. The summed E-state index contributed by atoms with van der Waals surface area (Å²) < 4.78 is 25.6. The fraction of sp³-hybridized carbons (Fsp3) is 0.462. The molecular weight excluding hydrogens is 272 g/mol. The summed E-state index contributed by atoms with van der Waals surface area (Å²) in [6, 6.07) is 3.43. The van der Waals surface area contributed by atoms with Gasteiger partial charge in [0.1, 0.15) is 0 Å². The number of benzene rings is 1. The quantitative estimate of drug-likeness (QED) is 0.757. The number of carbonyl (C=O) groups is 1. The number of halogens is 2. The summed E-state index contributed by atoms with van der Waals surface area (Å²) in [5.74, 6) is -1.45. The SMILES string of the molecule is CC[C@@H](CO)NC(=O)CCSc1ccc(F)c(F)c1. The highest BCUT2D eigenvalue weighted by Gasteiger charge is 2.09. The van der Waals surface area contributed by atoms with E-state index in [1.165, 1.54) is 17.8 Å². The Hall–Kier alpha value is -1.14. The van der Waals surface area contributed by atoms with Crippen molar-refractivity contribution in [1.29, 1.82) is 0 Å². The molecule has 0 aliphatic rings. The molecule has 0 bridgehead atoms. The summed E-state index contributed by atoms with van der Waals surface area (Å²) in [5.41, 5.74) is 0. The van der Waals surface area contributed by atoms with Crippen molar-refractivity contribution in [1.82, 2.24) is 5.32 Å². The van der Waals surface area contributed by atoms with E-state index in [9.17, 15) is 13.6 Å². The summed E-state index contributed by atoms with van der Waals surface area (Å²) in [7, 11) is 0. The van der Waals surface area contributed by atoms with Gasteiger partial charge in [0.05, 0.1) is 12.6 Å². The fourth-order valence-electron chi connectivity index (χ4n) is 1.40. The van der Waals surface area contributed by atoms with Crippen molar-refractivity contribution >= 4 is 17.7 Å². The van der Waals surface area contributed by atoms with Gasteiger partial charge in [-0.1, -0.05) is 6.92 Å². The Kier molecular flexibility index (Phi) is 6.80. The molecule has 1 aromatic rings. The van der Waals surface area contributed by atoms with Gasteiger partial charge in [0.2, 0.25) is 5.91 Å². The van der Waals surface area contributed by atoms with E-state index in [4.69, 9.17) is 5.11 Å². The van der Waals surface area contributed by atoms with Crippen LogP contribution in [0.3, 0.4) is 0 Å². The molecule has 3 nitrogen and oxygen atoms in total. The lowest BCUT2D eigenvalue weighted by molar-refractivity contribution is -0.121. The first-order valence-electron chi connectivity index (χ1n) is 6.04. The van der Waals surface area contributed by atoms with Crippen molar-refractivity contribution in [2.24, 2.45) is 0 Å². The van der Waals surface area contributed by atoms with Crippen LogP contribution in [-0.2, 0) is 4.79 Å². The molecule has 0 aliphatic carbocycles. The molecule has 0 fully saturated rings. The van der Waals surface area contributed by atoms with Gasteiger partial charge in [-0.15, -0.1) is 11.8 Å². The Balaban J connectivity index is 2.33. The maximum Gasteiger partial charge on any atom is 0.221 e. The van der Waals surface area contributed by atoms with Gasteiger partial charge < -0.3 is 10.4 Å². The molecule has 0 aromatic heterocycles. The van der Waals surface area contributed by atoms with E-state index >= 15 is 0 Å². The highest BCUT2D eigenvalue weighted by atomic mass is 32.2. The van der Waals surface area contributed by atoms with E-state index in [0.29, 0.717) is 17.1 Å². The summed E-state index contributed by atoms with van der Waals surface area (Å²) in [4.78, 5) is 12.1. The Bertz CT molecular complexity index is 425. The smallest absolute Gasteiger partial charge is 0.221 e. The van der Waals surface area contributed by atoms with Crippen molar-refractivity contribution in [2.75, 3.05) is 12.4 Å². The molecule has 19 heavy (non-hydrogen) atoms. The first kappa shape index (κ1) is 15.9. The average molecular weight is 289 g/mol. The minimum absolute atomic E-state index is 0.0848. The molecule has 1 atom stereocenters. The molecule has 0 saturated carbocycles. The van der Waals surface area contributed by atoms with Crippen LogP contribution in [0, 0.1) is 11.6 Å². The molecule has 106 valence electrons. The largest absolute Gasteiger partial charge is 0.394 e. The number of rotatable bonds is 7. The van der Waals surface area contributed by atoms with Gasteiger partial charge in [-0.3, -0.25) is 4.79 Å². The van der Waals surface area contributed by atoms with Gasteiger partial charge >= 0.3 is 0 Å². The highest BCUT2D eigenvalue weighted by molar-refractivity contribution is 7.99. The van der Waals surface area contributed by atoms with E-state index < -0.39 is 11.6 Å². The van der Waals surface area contributed by atoms with Crippen molar-refractivity contribution in [3.8, 4) is 0 Å². The second-order valence-corrected chi connectivity index (χ2v) is 5.20. The lowest BCUT2D eigenvalue weighted by Crippen LogP contribution is -2.37. The number of thioether (sulfide) groups is 1. The van der Waals surface area contributed by atoms with Gasteiger partial charge in [-0.25, -0.2) is 8.78 Å². The Labute approximate surface area is 115 Å². The highest BCUT2D eigenvalue weighted by Crippen LogP contribution is 2.20. The predicted octanol–water partition coefficient (Wildman–Crippen LogP) is 2.33. The van der Waals surface area contributed by atoms with Crippen LogP contribution in [-0.4, -0.2) is 29.4 Å². The number of aliphatic hydroxyl groups excluding tert-OH is 1. The minimum atomic E-state index is -0.888. The predicted molar refractivity (Wildman–Crippen MR) is 71.0 cm³/mol. The number of hydrogen-bond donors (Lipinski definition) is 2. The molecule has 1 rings (SSSR count). The van der Waals surface area contributed by atoms with Crippen LogP contribution >= 0.6 is 11.8 Å². The number of hydrogen-bond acceptors (Lipinski definition) is 3. The molecule has 1 amide bonds. The van der Waals surface area contributed by atoms with Crippen LogP contribution in [0.5, 0.6) is 0 Å². The molecule has 6 heteroatoms.